The van der Waals surface area contributed by atoms with E-state index in [4.69, 9.17) is 0 Å². The second kappa shape index (κ2) is 8.43. The molecular formula is C16H23N5O4. The normalized spacial score (nSPS) is 15.4. The number of non-ortho nitro benzene ring substituents is 1. The quantitative estimate of drug-likeness (QED) is 0.615. The molecule has 136 valence electrons. The number of carbonyl (C=O) groups is 2. The van der Waals surface area contributed by atoms with Gasteiger partial charge in [0.2, 0.25) is 5.91 Å². The van der Waals surface area contributed by atoms with Gasteiger partial charge in [-0.1, -0.05) is 6.07 Å². The number of likely N-dealkylation sites (N-methyl/N-ethyl adjacent to an activating group) is 1. The number of hydrogen-bond acceptors (Lipinski definition) is 5. The van der Waals surface area contributed by atoms with Gasteiger partial charge in [0.15, 0.2) is 0 Å². The van der Waals surface area contributed by atoms with Gasteiger partial charge in [-0.3, -0.25) is 19.8 Å². The molecule has 1 fully saturated rings. The van der Waals surface area contributed by atoms with Gasteiger partial charge in [-0.05, 0) is 18.9 Å². The number of anilines is 1. The Labute approximate surface area is 146 Å². The van der Waals surface area contributed by atoms with Gasteiger partial charge in [0, 0.05) is 51.0 Å². The smallest absolute Gasteiger partial charge is 0.319 e. The van der Waals surface area contributed by atoms with Crippen molar-refractivity contribution >= 4 is 23.3 Å². The number of amides is 3. The van der Waals surface area contributed by atoms with E-state index in [2.05, 4.69) is 15.5 Å². The Bertz CT molecular complexity index is 641. The van der Waals surface area contributed by atoms with Crippen LogP contribution in [0.2, 0.25) is 0 Å². The SMILES string of the molecule is CN(C)C(=O)CN1CCC(NC(=O)Nc2cccc([N+](=O)[O-])c2)CC1. The van der Waals surface area contributed by atoms with Crippen molar-refractivity contribution in [3.8, 4) is 0 Å². The highest BCUT2D eigenvalue weighted by Crippen LogP contribution is 2.17. The number of nitro benzene ring substituents is 1. The fourth-order valence-electron chi connectivity index (χ4n) is 2.62. The van der Waals surface area contributed by atoms with Crippen LogP contribution in [0.1, 0.15) is 12.8 Å². The highest BCUT2D eigenvalue weighted by Gasteiger charge is 2.22. The fraction of sp³-hybridized carbons (Fsp3) is 0.500. The third kappa shape index (κ3) is 5.71. The predicted octanol–water partition coefficient (Wildman–Crippen LogP) is 1.27. The summed E-state index contributed by atoms with van der Waals surface area (Å²) in [5, 5.41) is 16.2. The van der Waals surface area contributed by atoms with Crippen molar-refractivity contribution in [1.29, 1.82) is 0 Å². The summed E-state index contributed by atoms with van der Waals surface area (Å²) in [5.74, 6) is 0.0647. The van der Waals surface area contributed by atoms with E-state index < -0.39 is 4.92 Å². The lowest BCUT2D eigenvalue weighted by molar-refractivity contribution is -0.384. The Balaban J connectivity index is 1.78. The summed E-state index contributed by atoms with van der Waals surface area (Å²) in [6, 6.07) is 5.44. The van der Waals surface area contributed by atoms with Gasteiger partial charge < -0.3 is 15.5 Å². The van der Waals surface area contributed by atoms with Gasteiger partial charge in [0.25, 0.3) is 5.69 Å². The summed E-state index contributed by atoms with van der Waals surface area (Å²) < 4.78 is 0. The minimum atomic E-state index is -0.506. The molecule has 0 radical (unpaired) electrons. The van der Waals surface area contributed by atoms with Crippen molar-refractivity contribution in [2.24, 2.45) is 0 Å². The lowest BCUT2D eigenvalue weighted by Gasteiger charge is -2.32. The van der Waals surface area contributed by atoms with Crippen LogP contribution < -0.4 is 10.6 Å². The third-order valence-corrected chi connectivity index (χ3v) is 4.10. The molecule has 9 nitrogen and oxygen atoms in total. The van der Waals surface area contributed by atoms with Crippen LogP contribution in [0.5, 0.6) is 0 Å². The number of urea groups is 1. The summed E-state index contributed by atoms with van der Waals surface area (Å²) in [5.41, 5.74) is 0.303. The zero-order valence-electron chi connectivity index (χ0n) is 14.4. The summed E-state index contributed by atoms with van der Waals surface area (Å²) in [6.07, 6.45) is 1.51. The maximum atomic E-state index is 12.0. The first kappa shape index (κ1) is 18.7. The third-order valence-electron chi connectivity index (χ3n) is 4.10. The molecule has 1 saturated heterocycles. The van der Waals surface area contributed by atoms with E-state index in [0.29, 0.717) is 12.2 Å². The minimum absolute atomic E-state index is 0.0180. The van der Waals surface area contributed by atoms with Crippen LogP contribution in [0.25, 0.3) is 0 Å². The van der Waals surface area contributed by atoms with Gasteiger partial charge in [0.1, 0.15) is 0 Å². The van der Waals surface area contributed by atoms with Crippen LogP contribution >= 0.6 is 0 Å². The molecule has 0 aliphatic carbocycles. The summed E-state index contributed by atoms with van der Waals surface area (Å²) in [4.78, 5) is 37.6. The standard InChI is InChI=1S/C16H23N5O4/c1-19(2)15(22)11-20-8-6-12(7-9-20)17-16(23)18-13-4-3-5-14(10-13)21(24)25/h3-5,10,12H,6-9,11H2,1-2H3,(H2,17,18,23). The molecule has 0 atom stereocenters. The number of piperidine rings is 1. The molecule has 3 amide bonds. The number of carbonyl (C=O) groups excluding carboxylic acids is 2. The van der Waals surface area contributed by atoms with Gasteiger partial charge in [-0.15, -0.1) is 0 Å². The molecule has 1 aliphatic rings. The Morgan fingerprint density at radius 1 is 1.32 bits per heavy atom. The second-order valence-electron chi connectivity index (χ2n) is 6.24. The van der Waals surface area contributed by atoms with Crippen molar-refractivity contribution in [1.82, 2.24) is 15.1 Å². The average Bonchev–Trinajstić information content (AvgIpc) is 2.56. The lowest BCUT2D eigenvalue weighted by atomic mass is 10.1. The topological polar surface area (TPSA) is 108 Å². The van der Waals surface area contributed by atoms with Crippen LogP contribution in [0.3, 0.4) is 0 Å². The predicted molar refractivity (Wildman–Crippen MR) is 93.4 cm³/mol. The van der Waals surface area contributed by atoms with Crippen LogP contribution in [0.15, 0.2) is 24.3 Å². The van der Waals surface area contributed by atoms with E-state index in [9.17, 15) is 19.7 Å². The summed E-state index contributed by atoms with van der Waals surface area (Å²) in [6.45, 7) is 1.86. The first-order valence-electron chi connectivity index (χ1n) is 8.09. The lowest BCUT2D eigenvalue weighted by Crippen LogP contribution is -2.48. The molecule has 0 spiro atoms. The molecule has 9 heteroatoms. The van der Waals surface area contributed by atoms with Crippen molar-refractivity contribution in [2.75, 3.05) is 39.0 Å². The molecule has 0 saturated carbocycles. The van der Waals surface area contributed by atoms with Crippen molar-refractivity contribution < 1.29 is 14.5 Å². The van der Waals surface area contributed by atoms with E-state index in [0.717, 1.165) is 25.9 Å². The van der Waals surface area contributed by atoms with E-state index in [1.165, 1.54) is 18.2 Å². The Hall–Kier alpha value is -2.68. The number of rotatable bonds is 5. The van der Waals surface area contributed by atoms with Gasteiger partial charge >= 0.3 is 6.03 Å². The zero-order valence-corrected chi connectivity index (χ0v) is 14.4. The monoisotopic (exact) mass is 349 g/mol. The fourth-order valence-corrected chi connectivity index (χ4v) is 2.62. The molecule has 0 bridgehead atoms. The van der Waals surface area contributed by atoms with Crippen molar-refractivity contribution in [2.45, 2.75) is 18.9 Å². The minimum Gasteiger partial charge on any atom is -0.348 e. The molecule has 1 aliphatic heterocycles. The second-order valence-corrected chi connectivity index (χ2v) is 6.24. The highest BCUT2D eigenvalue weighted by atomic mass is 16.6. The Morgan fingerprint density at radius 2 is 2.00 bits per heavy atom. The maximum Gasteiger partial charge on any atom is 0.319 e. The molecule has 2 rings (SSSR count). The number of likely N-dealkylation sites (tertiary alicyclic amines) is 1. The van der Waals surface area contributed by atoms with E-state index in [1.807, 2.05) is 0 Å². The number of nitrogens with one attached hydrogen (secondary N) is 2. The summed E-state index contributed by atoms with van der Waals surface area (Å²) in [7, 11) is 3.46. The van der Waals surface area contributed by atoms with Crippen LogP contribution in [-0.4, -0.2) is 66.4 Å². The Kier molecular flexibility index (Phi) is 6.29. The highest BCUT2D eigenvalue weighted by molar-refractivity contribution is 5.89. The number of hydrogen-bond donors (Lipinski definition) is 2. The molecule has 1 aromatic carbocycles. The van der Waals surface area contributed by atoms with Crippen molar-refractivity contribution in [3.63, 3.8) is 0 Å². The molecular weight excluding hydrogens is 326 g/mol. The van der Waals surface area contributed by atoms with Crippen LogP contribution in [0.4, 0.5) is 16.2 Å². The number of benzene rings is 1. The average molecular weight is 349 g/mol. The van der Waals surface area contributed by atoms with E-state index in [1.54, 1.807) is 25.1 Å². The number of nitrogens with zero attached hydrogens (tertiary/aromatic N) is 3. The zero-order chi connectivity index (χ0) is 18.4. The molecule has 1 heterocycles. The Morgan fingerprint density at radius 3 is 2.60 bits per heavy atom. The van der Waals surface area contributed by atoms with Gasteiger partial charge in [-0.2, -0.15) is 0 Å². The van der Waals surface area contributed by atoms with Crippen LogP contribution in [0, 0.1) is 10.1 Å². The maximum absolute atomic E-state index is 12.0. The van der Waals surface area contributed by atoms with E-state index >= 15 is 0 Å². The van der Waals surface area contributed by atoms with Crippen molar-refractivity contribution in [3.05, 3.63) is 34.4 Å². The molecule has 2 N–H and O–H groups in total. The molecule has 25 heavy (non-hydrogen) atoms. The molecule has 0 aromatic heterocycles. The molecule has 1 aromatic rings. The van der Waals surface area contributed by atoms with Gasteiger partial charge in [0.05, 0.1) is 11.5 Å². The van der Waals surface area contributed by atoms with Gasteiger partial charge in [-0.25, -0.2) is 4.79 Å². The first-order valence-corrected chi connectivity index (χ1v) is 8.09. The van der Waals surface area contributed by atoms with E-state index in [-0.39, 0.29) is 23.7 Å². The van der Waals surface area contributed by atoms with Crippen LogP contribution in [-0.2, 0) is 4.79 Å². The largest absolute Gasteiger partial charge is 0.348 e. The first-order chi connectivity index (χ1) is 11.8. The molecule has 0 unspecified atom stereocenters. The summed E-state index contributed by atoms with van der Waals surface area (Å²) >= 11 is 0. The number of nitro groups is 1.